The minimum atomic E-state index is -0.455. The number of benzene rings is 1. The molecule has 3 heteroatoms. The molecule has 0 radical (unpaired) electrons. The number of phenolic OH excluding ortho intramolecular Hbond substituents is 1. The molecule has 0 amide bonds. The monoisotopic (exact) mass is 196 g/mol. The second-order valence-corrected chi connectivity index (χ2v) is 4.00. The second-order valence-electron chi connectivity index (χ2n) is 2.64. The zero-order valence-electron chi connectivity index (χ0n) is 7.40. The van der Waals surface area contributed by atoms with Gasteiger partial charge >= 0.3 is 0 Å². The van der Waals surface area contributed by atoms with Gasteiger partial charge in [-0.1, -0.05) is 24.4 Å². The first-order valence-electron chi connectivity index (χ1n) is 3.93. The van der Waals surface area contributed by atoms with Crippen LogP contribution >= 0.6 is 11.8 Å². The lowest BCUT2D eigenvalue weighted by atomic mass is 10.2. The molecule has 0 bridgehead atoms. The number of thioether (sulfide) groups is 1. The molecule has 0 saturated carbocycles. The molecule has 0 saturated heterocycles. The summed E-state index contributed by atoms with van der Waals surface area (Å²) in [6, 6.07) is 4.99. The van der Waals surface area contributed by atoms with Crippen molar-refractivity contribution in [2.45, 2.75) is 17.3 Å². The zero-order valence-corrected chi connectivity index (χ0v) is 8.21. The lowest BCUT2D eigenvalue weighted by molar-refractivity contribution is 0.284. The van der Waals surface area contributed by atoms with Gasteiger partial charge < -0.3 is 10.2 Å². The summed E-state index contributed by atoms with van der Waals surface area (Å²) in [6.45, 7) is 5.33. The van der Waals surface area contributed by atoms with Crippen LogP contribution in [0.4, 0.5) is 0 Å². The molecule has 13 heavy (non-hydrogen) atoms. The highest BCUT2D eigenvalue weighted by molar-refractivity contribution is 7.99. The van der Waals surface area contributed by atoms with Crippen molar-refractivity contribution in [3.63, 3.8) is 0 Å². The average molecular weight is 196 g/mol. The van der Waals surface area contributed by atoms with Crippen molar-refractivity contribution in [1.82, 2.24) is 0 Å². The van der Waals surface area contributed by atoms with E-state index in [9.17, 15) is 5.11 Å². The third-order valence-corrected chi connectivity index (χ3v) is 2.48. The lowest BCUT2D eigenvalue weighted by Gasteiger charge is -2.07. The van der Waals surface area contributed by atoms with Crippen LogP contribution in [-0.4, -0.2) is 15.6 Å². The quantitative estimate of drug-likeness (QED) is 0.576. The number of rotatable bonds is 3. The van der Waals surface area contributed by atoms with Gasteiger partial charge in [-0.2, -0.15) is 0 Å². The van der Waals surface area contributed by atoms with E-state index in [0.717, 1.165) is 10.5 Å². The molecule has 2 N–H and O–H groups in total. The maximum absolute atomic E-state index is 9.18. The summed E-state index contributed by atoms with van der Waals surface area (Å²) in [5, 5.41) is 18.3. The molecule has 70 valence electrons. The van der Waals surface area contributed by atoms with Gasteiger partial charge in [0.2, 0.25) is 0 Å². The number of aliphatic hydroxyl groups is 1. The Morgan fingerprint density at radius 3 is 2.77 bits per heavy atom. The van der Waals surface area contributed by atoms with Gasteiger partial charge in [-0.3, -0.25) is 0 Å². The normalized spacial score (nSPS) is 12.5. The topological polar surface area (TPSA) is 40.5 Å². The van der Waals surface area contributed by atoms with Gasteiger partial charge in [-0.15, -0.1) is 0 Å². The molecular formula is C10H12O2S. The standard InChI is InChI=1S/C10H12O2S/c1-3-8-6-9(12)4-5-10(8)13-7(2)11/h3-7,11-12H,1H2,2H3. The first-order valence-corrected chi connectivity index (χ1v) is 4.81. The Labute approximate surface area is 81.9 Å². The summed E-state index contributed by atoms with van der Waals surface area (Å²) >= 11 is 1.33. The van der Waals surface area contributed by atoms with Crippen LogP contribution in [-0.2, 0) is 0 Å². The summed E-state index contributed by atoms with van der Waals surface area (Å²) in [5.41, 5.74) is 0.383. The van der Waals surface area contributed by atoms with Crippen molar-refractivity contribution in [3.8, 4) is 5.75 Å². The molecule has 0 aliphatic rings. The van der Waals surface area contributed by atoms with E-state index in [1.165, 1.54) is 11.8 Å². The molecule has 2 nitrogen and oxygen atoms in total. The van der Waals surface area contributed by atoms with E-state index in [1.807, 2.05) is 0 Å². The van der Waals surface area contributed by atoms with E-state index in [0.29, 0.717) is 0 Å². The fourth-order valence-electron chi connectivity index (χ4n) is 0.986. The van der Waals surface area contributed by atoms with Crippen LogP contribution in [0.25, 0.3) is 6.08 Å². The molecule has 0 aromatic heterocycles. The first-order chi connectivity index (χ1) is 6.13. The number of phenols is 1. The van der Waals surface area contributed by atoms with Crippen LogP contribution in [0.3, 0.4) is 0 Å². The third kappa shape index (κ3) is 2.79. The zero-order chi connectivity index (χ0) is 9.84. The summed E-state index contributed by atoms with van der Waals surface area (Å²) in [5.74, 6) is 0.213. The Kier molecular flexibility index (Phi) is 3.39. The van der Waals surface area contributed by atoms with Crippen molar-refractivity contribution in [3.05, 3.63) is 30.3 Å². The molecule has 1 aromatic carbocycles. The van der Waals surface area contributed by atoms with Gasteiger partial charge in [0.25, 0.3) is 0 Å². The summed E-state index contributed by atoms with van der Waals surface area (Å²) < 4.78 is 0. The molecule has 1 atom stereocenters. The van der Waals surface area contributed by atoms with Crippen molar-refractivity contribution in [2.75, 3.05) is 0 Å². The van der Waals surface area contributed by atoms with Crippen molar-refractivity contribution >= 4 is 17.8 Å². The molecule has 0 aliphatic heterocycles. The fraction of sp³-hybridized carbons (Fsp3) is 0.200. The lowest BCUT2D eigenvalue weighted by Crippen LogP contribution is -1.92. The fourth-order valence-corrected chi connectivity index (χ4v) is 1.78. The van der Waals surface area contributed by atoms with E-state index in [4.69, 9.17) is 5.11 Å². The average Bonchev–Trinajstić information content (AvgIpc) is 2.07. The molecule has 1 rings (SSSR count). The molecule has 1 aromatic rings. The highest BCUT2D eigenvalue weighted by atomic mass is 32.2. The highest BCUT2D eigenvalue weighted by Crippen LogP contribution is 2.28. The number of hydrogen-bond acceptors (Lipinski definition) is 3. The largest absolute Gasteiger partial charge is 0.508 e. The van der Waals surface area contributed by atoms with E-state index in [1.54, 1.807) is 31.2 Å². The minimum Gasteiger partial charge on any atom is -0.508 e. The summed E-state index contributed by atoms with van der Waals surface area (Å²) in [7, 11) is 0. The number of aliphatic hydroxyl groups excluding tert-OH is 1. The van der Waals surface area contributed by atoms with Crippen molar-refractivity contribution < 1.29 is 10.2 Å². The molecule has 0 spiro atoms. The van der Waals surface area contributed by atoms with Gasteiger partial charge in [0, 0.05) is 4.90 Å². The van der Waals surface area contributed by atoms with Gasteiger partial charge in [-0.05, 0) is 30.7 Å². The molecule has 0 aliphatic carbocycles. The smallest absolute Gasteiger partial charge is 0.116 e. The predicted molar refractivity (Wildman–Crippen MR) is 55.7 cm³/mol. The van der Waals surface area contributed by atoms with Crippen molar-refractivity contribution in [1.29, 1.82) is 0 Å². The predicted octanol–water partition coefficient (Wildman–Crippen LogP) is 2.47. The Hall–Kier alpha value is -0.930. The van der Waals surface area contributed by atoms with Crippen LogP contribution < -0.4 is 0 Å². The Morgan fingerprint density at radius 2 is 2.23 bits per heavy atom. The minimum absolute atomic E-state index is 0.213. The van der Waals surface area contributed by atoms with Crippen molar-refractivity contribution in [2.24, 2.45) is 0 Å². The first kappa shape index (κ1) is 10.2. The van der Waals surface area contributed by atoms with E-state index in [-0.39, 0.29) is 5.75 Å². The Bertz CT molecular complexity index is 308. The second kappa shape index (κ2) is 4.35. The SMILES string of the molecule is C=Cc1cc(O)ccc1SC(C)O. The van der Waals surface area contributed by atoms with Gasteiger partial charge in [-0.25, -0.2) is 0 Å². The third-order valence-electron chi connectivity index (χ3n) is 1.51. The summed E-state index contributed by atoms with van der Waals surface area (Å²) in [4.78, 5) is 0.919. The van der Waals surface area contributed by atoms with Crippen LogP contribution in [0.15, 0.2) is 29.7 Å². The molecule has 0 fully saturated rings. The van der Waals surface area contributed by atoms with E-state index >= 15 is 0 Å². The van der Waals surface area contributed by atoms with Crippen LogP contribution in [0.5, 0.6) is 5.75 Å². The number of hydrogen-bond donors (Lipinski definition) is 2. The highest BCUT2D eigenvalue weighted by Gasteiger charge is 2.04. The summed E-state index contributed by atoms with van der Waals surface area (Å²) in [6.07, 6.45) is 1.66. The van der Waals surface area contributed by atoms with Crippen LogP contribution in [0.1, 0.15) is 12.5 Å². The van der Waals surface area contributed by atoms with Crippen LogP contribution in [0.2, 0.25) is 0 Å². The Morgan fingerprint density at radius 1 is 1.54 bits per heavy atom. The molecule has 1 unspecified atom stereocenters. The van der Waals surface area contributed by atoms with E-state index < -0.39 is 5.44 Å². The molecule has 0 heterocycles. The van der Waals surface area contributed by atoms with Gasteiger partial charge in [0.15, 0.2) is 0 Å². The Balaban J connectivity index is 2.99. The van der Waals surface area contributed by atoms with E-state index in [2.05, 4.69) is 6.58 Å². The molecular weight excluding hydrogens is 184 g/mol. The maximum Gasteiger partial charge on any atom is 0.116 e. The number of aromatic hydroxyl groups is 1. The maximum atomic E-state index is 9.18. The van der Waals surface area contributed by atoms with Gasteiger partial charge in [0.1, 0.15) is 11.2 Å². The van der Waals surface area contributed by atoms with Gasteiger partial charge in [0.05, 0.1) is 0 Å². The van der Waals surface area contributed by atoms with Crippen LogP contribution in [0, 0.1) is 0 Å².